The Bertz CT molecular complexity index is 702. The van der Waals surface area contributed by atoms with Gasteiger partial charge in [0.2, 0.25) is 0 Å². The van der Waals surface area contributed by atoms with E-state index < -0.39 is 11.5 Å². The van der Waals surface area contributed by atoms with E-state index in [1.54, 1.807) is 19.2 Å². The van der Waals surface area contributed by atoms with Crippen molar-refractivity contribution in [2.24, 2.45) is 17.3 Å². The number of carbonyl (C=O) groups excluding carboxylic acids is 1. The summed E-state index contributed by atoms with van der Waals surface area (Å²) in [6.07, 6.45) is 3.25. The van der Waals surface area contributed by atoms with Crippen LogP contribution >= 0.6 is 0 Å². The van der Waals surface area contributed by atoms with Crippen molar-refractivity contribution in [3.63, 3.8) is 0 Å². The van der Waals surface area contributed by atoms with Crippen LogP contribution in [0.4, 0.5) is 0 Å². The first-order chi connectivity index (χ1) is 10.2. The molecule has 2 bridgehead atoms. The Hall–Kier alpha value is -2.28. The molecule has 3 unspecified atom stereocenters. The minimum absolute atomic E-state index is 0.0167. The van der Waals surface area contributed by atoms with E-state index in [4.69, 9.17) is 9.47 Å². The Balaban J connectivity index is 1.93. The zero-order valence-electron chi connectivity index (χ0n) is 11.7. The molecule has 0 amide bonds. The number of benzene rings is 1. The van der Waals surface area contributed by atoms with Crippen molar-refractivity contribution in [2.45, 2.75) is 18.9 Å². The fraction of sp³-hybridized carbons (Fsp3) is 0.412. The van der Waals surface area contributed by atoms with Crippen LogP contribution in [-0.4, -0.2) is 19.0 Å². The molecule has 4 atom stereocenters. The molecule has 21 heavy (non-hydrogen) atoms. The normalized spacial score (nSPS) is 35.9. The molecular weight excluding hydrogens is 266 g/mol. The minimum atomic E-state index is -1.10. The van der Waals surface area contributed by atoms with Gasteiger partial charge in [0.25, 0.3) is 0 Å². The molecule has 0 N–H and O–H groups in total. The molecule has 0 radical (unpaired) electrons. The fourth-order valence-electron chi connectivity index (χ4n) is 4.10. The van der Waals surface area contributed by atoms with Crippen molar-refractivity contribution >= 4 is 5.78 Å². The highest BCUT2D eigenvalue weighted by molar-refractivity contribution is 6.06. The molecule has 4 heteroatoms. The third kappa shape index (κ3) is 1.36. The molecule has 1 heterocycles. The summed E-state index contributed by atoms with van der Waals surface area (Å²) >= 11 is 0. The molecule has 4 aliphatic rings. The van der Waals surface area contributed by atoms with E-state index in [1.165, 1.54) is 0 Å². The second kappa shape index (κ2) is 4.11. The molecule has 3 aliphatic carbocycles. The van der Waals surface area contributed by atoms with E-state index in [1.807, 2.05) is 18.2 Å². The first-order valence-corrected chi connectivity index (χ1v) is 7.20. The van der Waals surface area contributed by atoms with E-state index >= 15 is 0 Å². The first kappa shape index (κ1) is 12.5. The summed E-state index contributed by atoms with van der Waals surface area (Å²) in [6.45, 7) is 0. The number of hydrogen-bond acceptors (Lipinski definition) is 4. The van der Waals surface area contributed by atoms with Gasteiger partial charge < -0.3 is 9.47 Å². The number of ketones is 1. The van der Waals surface area contributed by atoms with Crippen LogP contribution in [0.5, 0.6) is 5.75 Å². The fourth-order valence-corrected chi connectivity index (χ4v) is 4.10. The van der Waals surface area contributed by atoms with Gasteiger partial charge >= 0.3 is 0 Å². The summed E-state index contributed by atoms with van der Waals surface area (Å²) in [4.78, 5) is 13.0. The largest absolute Gasteiger partial charge is 0.501 e. The maximum Gasteiger partial charge on any atom is 0.191 e. The standard InChI is InChI=1S/C17H15NO3/c1-20-14-8-10-6-7-12(14)16-17(10,9-18)15(19)11-4-2-3-5-13(11)21-16/h2-5,8,10,12,16H,6-7H2,1H3/t10?,12?,16?,17-/m0/s1. The Kier molecular flexibility index (Phi) is 2.44. The number of nitrogens with zero attached hydrogens (tertiary/aromatic N) is 1. The first-order valence-electron chi connectivity index (χ1n) is 7.20. The number of hydrogen-bond donors (Lipinski definition) is 0. The smallest absolute Gasteiger partial charge is 0.191 e. The third-order valence-electron chi connectivity index (χ3n) is 5.10. The zero-order valence-corrected chi connectivity index (χ0v) is 11.7. The Morgan fingerprint density at radius 3 is 2.95 bits per heavy atom. The number of fused-ring (bicyclic) bond motifs is 2. The number of ether oxygens (including phenoxy) is 2. The van der Waals surface area contributed by atoms with Crippen molar-refractivity contribution in [3.8, 4) is 11.8 Å². The highest BCUT2D eigenvalue weighted by Gasteiger charge is 2.64. The van der Waals surface area contributed by atoms with Gasteiger partial charge in [0.05, 0.1) is 30.4 Å². The maximum atomic E-state index is 13.0. The molecule has 1 aliphatic heterocycles. The predicted octanol–water partition coefficient (Wildman–Crippen LogP) is 2.71. The van der Waals surface area contributed by atoms with Crippen molar-refractivity contribution < 1.29 is 14.3 Å². The Morgan fingerprint density at radius 1 is 1.38 bits per heavy atom. The van der Waals surface area contributed by atoms with Gasteiger partial charge in [-0.2, -0.15) is 5.26 Å². The Morgan fingerprint density at radius 2 is 2.19 bits per heavy atom. The molecule has 1 aromatic rings. The molecule has 0 saturated heterocycles. The monoisotopic (exact) mass is 281 g/mol. The lowest BCUT2D eigenvalue weighted by atomic mass is 9.54. The zero-order chi connectivity index (χ0) is 14.6. The van der Waals surface area contributed by atoms with Gasteiger partial charge in [-0.15, -0.1) is 0 Å². The number of para-hydroxylation sites is 1. The number of allylic oxidation sites excluding steroid dienone is 1. The second-order valence-corrected chi connectivity index (χ2v) is 5.91. The van der Waals surface area contributed by atoms with Gasteiger partial charge in [0, 0.05) is 5.92 Å². The topological polar surface area (TPSA) is 59.3 Å². The third-order valence-corrected chi connectivity index (χ3v) is 5.10. The average molecular weight is 281 g/mol. The molecule has 0 aromatic heterocycles. The molecule has 0 spiro atoms. The van der Waals surface area contributed by atoms with Crippen LogP contribution in [-0.2, 0) is 4.74 Å². The predicted molar refractivity (Wildman–Crippen MR) is 74.5 cm³/mol. The lowest BCUT2D eigenvalue weighted by Crippen LogP contribution is -2.60. The quantitative estimate of drug-likeness (QED) is 0.794. The van der Waals surface area contributed by atoms with Crippen LogP contribution < -0.4 is 4.74 Å². The van der Waals surface area contributed by atoms with Crippen LogP contribution in [0.2, 0.25) is 0 Å². The van der Waals surface area contributed by atoms with Crippen LogP contribution in [0.1, 0.15) is 23.2 Å². The lowest BCUT2D eigenvalue weighted by molar-refractivity contribution is -0.0397. The van der Waals surface area contributed by atoms with E-state index in [0.717, 1.165) is 18.6 Å². The Labute approximate surface area is 123 Å². The minimum Gasteiger partial charge on any atom is -0.501 e. The summed E-state index contributed by atoms with van der Waals surface area (Å²) in [5.74, 6) is 1.19. The summed E-state index contributed by atoms with van der Waals surface area (Å²) in [6, 6.07) is 9.51. The molecule has 1 aromatic carbocycles. The van der Waals surface area contributed by atoms with Gasteiger partial charge in [-0.1, -0.05) is 12.1 Å². The van der Waals surface area contributed by atoms with Gasteiger partial charge in [-0.3, -0.25) is 4.79 Å². The molecule has 1 fully saturated rings. The van der Waals surface area contributed by atoms with Crippen molar-refractivity contribution in [2.75, 3.05) is 7.11 Å². The van der Waals surface area contributed by atoms with Gasteiger partial charge in [-0.05, 0) is 31.1 Å². The van der Waals surface area contributed by atoms with E-state index in [-0.39, 0.29) is 17.6 Å². The molecule has 106 valence electrons. The van der Waals surface area contributed by atoms with E-state index in [0.29, 0.717) is 11.3 Å². The van der Waals surface area contributed by atoms with Crippen LogP contribution in [0.25, 0.3) is 0 Å². The summed E-state index contributed by atoms with van der Waals surface area (Å²) in [5.41, 5.74) is -0.575. The van der Waals surface area contributed by atoms with Crippen LogP contribution in [0.3, 0.4) is 0 Å². The van der Waals surface area contributed by atoms with Gasteiger partial charge in [-0.25, -0.2) is 0 Å². The SMILES string of the molecule is COC1=CC2CCC1C1Oc3ccccc3C(=O)[C@]21C#N. The van der Waals surface area contributed by atoms with Crippen molar-refractivity contribution in [1.29, 1.82) is 5.26 Å². The average Bonchev–Trinajstić information content (AvgIpc) is 2.55. The molecule has 1 saturated carbocycles. The van der Waals surface area contributed by atoms with Gasteiger partial charge in [0.15, 0.2) is 11.2 Å². The summed E-state index contributed by atoms with van der Waals surface area (Å²) < 4.78 is 11.5. The second-order valence-electron chi connectivity index (χ2n) is 5.91. The molecular formula is C17H15NO3. The highest BCUT2D eigenvalue weighted by atomic mass is 16.5. The lowest BCUT2D eigenvalue weighted by Gasteiger charge is -2.52. The number of methoxy groups -OCH3 is 1. The molecule has 4 nitrogen and oxygen atoms in total. The number of carbonyl (C=O) groups is 1. The van der Waals surface area contributed by atoms with E-state index in [9.17, 15) is 10.1 Å². The van der Waals surface area contributed by atoms with Crippen molar-refractivity contribution in [1.82, 2.24) is 0 Å². The molecule has 5 rings (SSSR count). The van der Waals surface area contributed by atoms with Crippen molar-refractivity contribution in [3.05, 3.63) is 41.7 Å². The number of rotatable bonds is 1. The maximum absolute atomic E-state index is 13.0. The van der Waals surface area contributed by atoms with E-state index in [2.05, 4.69) is 6.07 Å². The number of Topliss-reactive ketones (excluding diaryl/α,β-unsaturated/α-hetero) is 1. The van der Waals surface area contributed by atoms with Crippen LogP contribution in [0, 0.1) is 28.6 Å². The summed E-state index contributed by atoms with van der Waals surface area (Å²) in [5, 5.41) is 9.83. The van der Waals surface area contributed by atoms with Crippen LogP contribution in [0.15, 0.2) is 36.1 Å². The highest BCUT2D eigenvalue weighted by Crippen LogP contribution is 2.56. The number of nitriles is 1. The summed E-state index contributed by atoms with van der Waals surface area (Å²) in [7, 11) is 1.64. The van der Waals surface area contributed by atoms with Gasteiger partial charge in [0.1, 0.15) is 11.9 Å².